The Morgan fingerprint density at radius 3 is 2.90 bits per heavy atom. The molecule has 0 bridgehead atoms. The smallest absolute Gasteiger partial charge is 0.231 e. The number of nitrogens with zero attached hydrogens (tertiary/aromatic N) is 2. The molecule has 2 aliphatic rings. The van der Waals surface area contributed by atoms with Crippen LogP contribution in [0, 0.1) is 5.92 Å². The van der Waals surface area contributed by atoms with Gasteiger partial charge in [-0.3, -0.25) is 14.7 Å². The molecule has 0 saturated carbocycles. The Morgan fingerprint density at radius 1 is 1.29 bits per heavy atom. The normalized spacial score (nSPS) is 17.7. The van der Waals surface area contributed by atoms with E-state index < -0.39 is 0 Å². The van der Waals surface area contributed by atoms with Gasteiger partial charge in [-0.25, -0.2) is 0 Å². The third-order valence-electron chi connectivity index (χ3n) is 4.24. The van der Waals surface area contributed by atoms with E-state index in [4.69, 9.17) is 0 Å². The van der Waals surface area contributed by atoms with Gasteiger partial charge < -0.3 is 5.32 Å². The van der Waals surface area contributed by atoms with Crippen LogP contribution in [-0.4, -0.2) is 29.9 Å². The van der Waals surface area contributed by atoms with Crippen LogP contribution >= 0.6 is 0 Å². The zero-order valence-corrected chi connectivity index (χ0v) is 12.9. The average Bonchev–Trinajstić information content (AvgIpc) is 2.95. The van der Waals surface area contributed by atoms with Crippen molar-refractivity contribution in [2.45, 2.75) is 39.5 Å². The molecule has 4 heteroatoms. The van der Waals surface area contributed by atoms with Crippen LogP contribution < -0.4 is 5.32 Å². The van der Waals surface area contributed by atoms with Crippen LogP contribution in [0.3, 0.4) is 0 Å². The molecule has 3 rings (SSSR count). The monoisotopic (exact) mass is 285 g/mol. The first-order chi connectivity index (χ1) is 10.2. The van der Waals surface area contributed by atoms with Crippen LogP contribution in [0.5, 0.6) is 0 Å². The van der Waals surface area contributed by atoms with Crippen molar-refractivity contribution in [2.75, 3.05) is 18.4 Å². The zero-order chi connectivity index (χ0) is 14.8. The van der Waals surface area contributed by atoms with Gasteiger partial charge in [0.25, 0.3) is 0 Å². The Labute approximate surface area is 126 Å². The molecule has 0 unspecified atom stereocenters. The maximum Gasteiger partial charge on any atom is 0.231 e. The van der Waals surface area contributed by atoms with Crippen molar-refractivity contribution in [1.29, 1.82) is 0 Å². The van der Waals surface area contributed by atoms with Crippen LogP contribution in [0.2, 0.25) is 0 Å². The first-order valence-electron chi connectivity index (χ1n) is 7.90. The van der Waals surface area contributed by atoms with Crippen LogP contribution in [-0.2, 0) is 17.6 Å². The highest BCUT2D eigenvalue weighted by molar-refractivity contribution is 6.05. The minimum Gasteiger partial charge on any atom is -0.326 e. The Balaban J connectivity index is 1.82. The van der Waals surface area contributed by atoms with E-state index in [9.17, 15) is 4.79 Å². The van der Waals surface area contributed by atoms with Gasteiger partial charge in [0, 0.05) is 18.2 Å². The first-order valence-corrected chi connectivity index (χ1v) is 7.90. The topological polar surface area (TPSA) is 44.7 Å². The van der Waals surface area contributed by atoms with Crippen molar-refractivity contribution < 1.29 is 4.79 Å². The van der Waals surface area contributed by atoms with Crippen molar-refractivity contribution >= 4 is 17.6 Å². The van der Waals surface area contributed by atoms with Crippen molar-refractivity contribution in [3.05, 3.63) is 29.3 Å². The minimum absolute atomic E-state index is 0.000196. The molecule has 1 N–H and O–H groups in total. The molecule has 0 fully saturated rings. The SMILES string of the molecule is CC(C)C(=O)N1CCN=C1Nc1cccc2c1CCCC2. The van der Waals surface area contributed by atoms with Crippen LogP contribution in [0.4, 0.5) is 5.69 Å². The molecule has 0 atom stereocenters. The molecule has 4 nitrogen and oxygen atoms in total. The van der Waals surface area contributed by atoms with E-state index in [2.05, 4.69) is 28.5 Å². The van der Waals surface area contributed by atoms with Gasteiger partial charge in [-0.05, 0) is 42.9 Å². The van der Waals surface area contributed by atoms with Crippen molar-refractivity contribution in [1.82, 2.24) is 4.90 Å². The standard InChI is InChI=1S/C17H23N3O/c1-12(2)16(21)20-11-10-18-17(20)19-15-9-5-7-13-6-3-4-8-14(13)15/h5,7,9,12H,3-4,6,8,10-11H2,1-2H3,(H,18,19). The highest BCUT2D eigenvalue weighted by atomic mass is 16.2. The molecular formula is C17H23N3O. The van der Waals surface area contributed by atoms with Gasteiger partial charge in [0.15, 0.2) is 0 Å². The van der Waals surface area contributed by atoms with Crippen LogP contribution in [0.1, 0.15) is 37.8 Å². The summed E-state index contributed by atoms with van der Waals surface area (Å²) in [7, 11) is 0. The lowest BCUT2D eigenvalue weighted by atomic mass is 9.90. The predicted molar refractivity (Wildman–Crippen MR) is 85.6 cm³/mol. The molecule has 112 valence electrons. The summed E-state index contributed by atoms with van der Waals surface area (Å²) in [5.41, 5.74) is 3.95. The fraction of sp³-hybridized carbons (Fsp3) is 0.529. The van der Waals surface area contributed by atoms with Crippen molar-refractivity contribution in [3.8, 4) is 0 Å². The number of aryl methyl sites for hydroxylation is 1. The molecule has 0 radical (unpaired) electrons. The summed E-state index contributed by atoms with van der Waals surface area (Å²) in [4.78, 5) is 18.5. The summed E-state index contributed by atoms with van der Waals surface area (Å²) in [6.07, 6.45) is 4.79. The number of rotatable bonds is 2. The molecule has 0 aromatic heterocycles. The fourth-order valence-corrected chi connectivity index (χ4v) is 3.10. The second kappa shape index (κ2) is 5.88. The maximum absolute atomic E-state index is 12.2. The van der Waals surface area contributed by atoms with E-state index in [-0.39, 0.29) is 11.8 Å². The van der Waals surface area contributed by atoms with Crippen molar-refractivity contribution in [2.24, 2.45) is 10.9 Å². The summed E-state index contributed by atoms with van der Waals surface area (Å²) >= 11 is 0. The Bertz CT molecular complexity index is 577. The van der Waals surface area contributed by atoms with Gasteiger partial charge in [0.2, 0.25) is 11.9 Å². The van der Waals surface area contributed by atoms with Gasteiger partial charge >= 0.3 is 0 Å². The van der Waals surface area contributed by atoms with Crippen LogP contribution in [0.25, 0.3) is 0 Å². The van der Waals surface area contributed by atoms with E-state index in [1.807, 2.05) is 13.8 Å². The number of nitrogens with one attached hydrogen (secondary N) is 1. The summed E-state index contributed by atoms with van der Waals surface area (Å²) in [6, 6.07) is 6.41. The predicted octanol–water partition coefficient (Wildman–Crippen LogP) is 2.83. The van der Waals surface area contributed by atoms with Gasteiger partial charge in [0.1, 0.15) is 0 Å². The number of amides is 1. The quantitative estimate of drug-likeness (QED) is 0.908. The number of fused-ring (bicyclic) bond motifs is 1. The van der Waals surface area contributed by atoms with Gasteiger partial charge in [-0.2, -0.15) is 0 Å². The molecule has 1 aromatic rings. The number of carbonyl (C=O) groups is 1. The molecule has 1 aliphatic carbocycles. The van der Waals surface area contributed by atoms with Gasteiger partial charge in [0.05, 0.1) is 6.54 Å². The summed E-state index contributed by atoms with van der Waals surface area (Å²) in [5, 5.41) is 3.41. The Morgan fingerprint density at radius 2 is 2.10 bits per heavy atom. The number of benzene rings is 1. The number of aliphatic imine (C=N–C) groups is 1. The number of hydrogen-bond donors (Lipinski definition) is 1. The second-order valence-electron chi connectivity index (χ2n) is 6.13. The fourth-order valence-electron chi connectivity index (χ4n) is 3.10. The van der Waals surface area contributed by atoms with E-state index >= 15 is 0 Å². The third kappa shape index (κ3) is 2.80. The van der Waals surface area contributed by atoms with Gasteiger partial charge in [-0.1, -0.05) is 26.0 Å². The number of carbonyl (C=O) groups excluding carboxylic acids is 1. The maximum atomic E-state index is 12.2. The summed E-state index contributed by atoms with van der Waals surface area (Å²) in [6.45, 7) is 5.25. The molecule has 0 saturated heterocycles. The number of hydrogen-bond acceptors (Lipinski definition) is 3. The molecule has 1 aromatic carbocycles. The third-order valence-corrected chi connectivity index (χ3v) is 4.24. The lowest BCUT2D eigenvalue weighted by Gasteiger charge is -2.24. The number of guanidine groups is 1. The second-order valence-corrected chi connectivity index (χ2v) is 6.13. The molecule has 21 heavy (non-hydrogen) atoms. The van der Waals surface area contributed by atoms with E-state index in [0.717, 1.165) is 18.5 Å². The molecule has 1 heterocycles. The van der Waals surface area contributed by atoms with Gasteiger partial charge in [-0.15, -0.1) is 0 Å². The summed E-state index contributed by atoms with van der Waals surface area (Å²) < 4.78 is 0. The van der Waals surface area contributed by atoms with Crippen LogP contribution in [0.15, 0.2) is 23.2 Å². The zero-order valence-electron chi connectivity index (χ0n) is 12.9. The Kier molecular flexibility index (Phi) is 3.95. The number of anilines is 1. The molecular weight excluding hydrogens is 262 g/mol. The molecule has 0 spiro atoms. The molecule has 1 aliphatic heterocycles. The highest BCUT2D eigenvalue weighted by Crippen LogP contribution is 2.28. The largest absolute Gasteiger partial charge is 0.326 e. The van der Waals surface area contributed by atoms with Crippen molar-refractivity contribution in [3.63, 3.8) is 0 Å². The molecule has 1 amide bonds. The highest BCUT2D eigenvalue weighted by Gasteiger charge is 2.26. The summed E-state index contributed by atoms with van der Waals surface area (Å²) in [5.74, 6) is 0.857. The van der Waals surface area contributed by atoms with E-state index in [1.165, 1.54) is 24.0 Å². The lowest BCUT2D eigenvalue weighted by molar-refractivity contribution is -0.130. The average molecular weight is 285 g/mol. The van der Waals surface area contributed by atoms with E-state index in [1.54, 1.807) is 4.90 Å². The van der Waals surface area contributed by atoms with E-state index in [0.29, 0.717) is 19.0 Å². The lowest BCUT2D eigenvalue weighted by Crippen LogP contribution is -2.40. The first kappa shape index (κ1) is 14.1. The Hall–Kier alpha value is -1.84. The minimum atomic E-state index is -0.000196.